The molecule has 4 nitrogen and oxygen atoms in total. The Morgan fingerprint density at radius 1 is 1.43 bits per heavy atom. The first-order valence-corrected chi connectivity index (χ1v) is 4.42. The number of hydrogen-bond donors (Lipinski definition) is 2. The lowest BCUT2D eigenvalue weighted by molar-refractivity contribution is 0.277. The van der Waals surface area contributed by atoms with Crippen LogP contribution in [0.15, 0.2) is 36.9 Å². The second-order valence-electron chi connectivity index (χ2n) is 3.00. The standard InChI is InChI=1S/C10H11N3O/c14-7-9(10-12-4-5-13-10)8-2-1-3-11-6-8/h1-6,9,14H,7H2,(H,12,13)/t9-/m1/s1. The van der Waals surface area contributed by atoms with Gasteiger partial charge in [0.1, 0.15) is 5.82 Å². The Kier molecular flexibility index (Phi) is 2.55. The number of aliphatic hydroxyl groups excluding tert-OH is 1. The van der Waals surface area contributed by atoms with Crippen molar-refractivity contribution in [2.45, 2.75) is 5.92 Å². The molecule has 0 unspecified atom stereocenters. The van der Waals surface area contributed by atoms with Crippen molar-refractivity contribution >= 4 is 0 Å². The highest BCUT2D eigenvalue weighted by Gasteiger charge is 2.14. The lowest BCUT2D eigenvalue weighted by Crippen LogP contribution is -2.08. The second-order valence-corrected chi connectivity index (χ2v) is 3.00. The van der Waals surface area contributed by atoms with E-state index in [9.17, 15) is 5.11 Å². The number of nitrogens with zero attached hydrogens (tertiary/aromatic N) is 2. The van der Waals surface area contributed by atoms with E-state index in [1.165, 1.54) is 0 Å². The monoisotopic (exact) mass is 189 g/mol. The minimum atomic E-state index is -0.112. The van der Waals surface area contributed by atoms with E-state index in [0.717, 1.165) is 11.4 Å². The molecule has 0 bridgehead atoms. The molecular weight excluding hydrogens is 178 g/mol. The van der Waals surface area contributed by atoms with E-state index >= 15 is 0 Å². The van der Waals surface area contributed by atoms with Crippen molar-refractivity contribution in [1.29, 1.82) is 0 Å². The summed E-state index contributed by atoms with van der Waals surface area (Å²) in [5, 5.41) is 9.26. The molecule has 2 rings (SSSR count). The smallest absolute Gasteiger partial charge is 0.115 e. The summed E-state index contributed by atoms with van der Waals surface area (Å²) in [4.78, 5) is 11.1. The number of imidazole rings is 1. The maximum Gasteiger partial charge on any atom is 0.115 e. The van der Waals surface area contributed by atoms with Crippen LogP contribution >= 0.6 is 0 Å². The molecule has 0 saturated heterocycles. The summed E-state index contributed by atoms with van der Waals surface area (Å²) < 4.78 is 0. The zero-order valence-corrected chi connectivity index (χ0v) is 7.59. The van der Waals surface area contributed by atoms with Gasteiger partial charge in [-0.05, 0) is 11.6 Å². The van der Waals surface area contributed by atoms with E-state index in [1.807, 2.05) is 12.1 Å². The van der Waals surface area contributed by atoms with E-state index in [2.05, 4.69) is 15.0 Å². The summed E-state index contributed by atoms with van der Waals surface area (Å²) in [7, 11) is 0. The molecule has 0 aromatic carbocycles. The molecule has 4 heteroatoms. The van der Waals surface area contributed by atoms with Crippen LogP contribution < -0.4 is 0 Å². The maximum atomic E-state index is 9.26. The number of aromatic amines is 1. The Labute approximate surface area is 81.7 Å². The highest BCUT2D eigenvalue weighted by Crippen LogP contribution is 2.19. The number of nitrogens with one attached hydrogen (secondary N) is 1. The Bertz CT molecular complexity index is 372. The summed E-state index contributed by atoms with van der Waals surface area (Å²) in [5.41, 5.74) is 0.963. The van der Waals surface area contributed by atoms with Gasteiger partial charge in [-0.25, -0.2) is 4.98 Å². The van der Waals surface area contributed by atoms with Crippen molar-refractivity contribution in [2.24, 2.45) is 0 Å². The first-order chi connectivity index (χ1) is 6.92. The molecule has 2 aromatic rings. The lowest BCUT2D eigenvalue weighted by Gasteiger charge is -2.10. The third-order valence-corrected chi connectivity index (χ3v) is 2.12. The number of aliphatic hydroxyl groups is 1. The summed E-state index contributed by atoms with van der Waals surface area (Å²) in [6, 6.07) is 3.78. The minimum absolute atomic E-state index is 0.0270. The van der Waals surface area contributed by atoms with Crippen LogP contribution in [-0.2, 0) is 0 Å². The Morgan fingerprint density at radius 3 is 2.93 bits per heavy atom. The molecule has 0 aliphatic carbocycles. The Hall–Kier alpha value is -1.68. The van der Waals surface area contributed by atoms with Gasteiger partial charge in [-0.1, -0.05) is 6.07 Å². The Balaban J connectivity index is 2.31. The number of aromatic nitrogens is 3. The summed E-state index contributed by atoms with van der Waals surface area (Å²) in [5.74, 6) is 0.652. The number of H-pyrrole nitrogens is 1. The molecule has 0 aliphatic heterocycles. The second kappa shape index (κ2) is 4.02. The fraction of sp³-hybridized carbons (Fsp3) is 0.200. The molecule has 72 valence electrons. The van der Waals surface area contributed by atoms with Crippen LogP contribution in [0, 0.1) is 0 Å². The van der Waals surface area contributed by atoms with Gasteiger partial charge in [0, 0.05) is 24.8 Å². The van der Waals surface area contributed by atoms with Crippen molar-refractivity contribution in [2.75, 3.05) is 6.61 Å². The molecule has 1 atom stereocenters. The molecule has 2 N–H and O–H groups in total. The minimum Gasteiger partial charge on any atom is -0.395 e. The molecule has 2 heterocycles. The average molecular weight is 189 g/mol. The van der Waals surface area contributed by atoms with Gasteiger partial charge in [0.2, 0.25) is 0 Å². The predicted molar refractivity (Wildman–Crippen MR) is 51.8 cm³/mol. The summed E-state index contributed by atoms with van der Waals surface area (Å²) in [6.45, 7) is 0.0270. The number of pyridine rings is 1. The lowest BCUT2D eigenvalue weighted by atomic mass is 10.0. The molecule has 0 radical (unpaired) electrons. The van der Waals surface area contributed by atoms with E-state index in [1.54, 1.807) is 24.8 Å². The van der Waals surface area contributed by atoms with Gasteiger partial charge < -0.3 is 10.1 Å². The van der Waals surface area contributed by atoms with Crippen molar-refractivity contribution in [3.8, 4) is 0 Å². The molecular formula is C10H11N3O. The van der Waals surface area contributed by atoms with Crippen molar-refractivity contribution in [3.63, 3.8) is 0 Å². The summed E-state index contributed by atoms with van der Waals surface area (Å²) in [6.07, 6.45) is 6.87. The van der Waals surface area contributed by atoms with Crippen LogP contribution in [0.2, 0.25) is 0 Å². The first-order valence-electron chi connectivity index (χ1n) is 4.42. The van der Waals surface area contributed by atoms with Crippen molar-refractivity contribution in [1.82, 2.24) is 15.0 Å². The van der Waals surface area contributed by atoms with E-state index in [-0.39, 0.29) is 12.5 Å². The first kappa shape index (κ1) is 8.90. The highest BCUT2D eigenvalue weighted by atomic mass is 16.3. The van der Waals surface area contributed by atoms with E-state index < -0.39 is 0 Å². The van der Waals surface area contributed by atoms with Crippen LogP contribution in [0.3, 0.4) is 0 Å². The number of hydrogen-bond acceptors (Lipinski definition) is 3. The normalized spacial score (nSPS) is 12.6. The van der Waals surface area contributed by atoms with Crippen molar-refractivity contribution < 1.29 is 5.11 Å². The van der Waals surface area contributed by atoms with Crippen LogP contribution in [0.5, 0.6) is 0 Å². The van der Waals surface area contributed by atoms with Gasteiger partial charge in [-0.3, -0.25) is 4.98 Å². The third-order valence-electron chi connectivity index (χ3n) is 2.12. The largest absolute Gasteiger partial charge is 0.395 e. The van der Waals surface area contributed by atoms with Crippen LogP contribution in [0.25, 0.3) is 0 Å². The molecule has 2 aromatic heterocycles. The molecule has 0 saturated carbocycles. The molecule has 0 fully saturated rings. The Morgan fingerprint density at radius 2 is 2.36 bits per heavy atom. The quantitative estimate of drug-likeness (QED) is 0.755. The van der Waals surface area contributed by atoms with E-state index in [0.29, 0.717) is 0 Å². The van der Waals surface area contributed by atoms with Gasteiger partial charge >= 0.3 is 0 Å². The van der Waals surface area contributed by atoms with Gasteiger partial charge in [0.15, 0.2) is 0 Å². The summed E-state index contributed by atoms with van der Waals surface area (Å²) >= 11 is 0. The van der Waals surface area contributed by atoms with Crippen LogP contribution in [0.1, 0.15) is 17.3 Å². The molecule has 0 aliphatic rings. The number of rotatable bonds is 3. The van der Waals surface area contributed by atoms with Gasteiger partial charge in [0.25, 0.3) is 0 Å². The van der Waals surface area contributed by atoms with E-state index in [4.69, 9.17) is 0 Å². The topological polar surface area (TPSA) is 61.8 Å². The predicted octanol–water partition coefficient (Wildman–Crippen LogP) is 0.929. The van der Waals surface area contributed by atoms with Crippen molar-refractivity contribution in [3.05, 3.63) is 48.3 Å². The molecule has 0 amide bonds. The van der Waals surface area contributed by atoms with Gasteiger partial charge in [-0.15, -0.1) is 0 Å². The molecule has 0 spiro atoms. The van der Waals surface area contributed by atoms with Gasteiger partial charge in [0.05, 0.1) is 12.5 Å². The zero-order chi connectivity index (χ0) is 9.80. The SMILES string of the molecule is OC[C@H](c1cccnc1)c1ncc[nH]1. The van der Waals surface area contributed by atoms with Gasteiger partial charge in [-0.2, -0.15) is 0 Å². The zero-order valence-electron chi connectivity index (χ0n) is 7.59. The highest BCUT2D eigenvalue weighted by molar-refractivity contribution is 5.22. The molecule has 14 heavy (non-hydrogen) atoms. The average Bonchev–Trinajstić information content (AvgIpc) is 2.74. The van der Waals surface area contributed by atoms with Crippen LogP contribution in [0.4, 0.5) is 0 Å². The van der Waals surface area contributed by atoms with Crippen LogP contribution in [-0.4, -0.2) is 26.7 Å². The fourth-order valence-corrected chi connectivity index (χ4v) is 1.40. The third kappa shape index (κ3) is 1.65. The maximum absolute atomic E-state index is 9.26. The fourth-order valence-electron chi connectivity index (χ4n) is 1.40.